The Bertz CT molecular complexity index is 974. The van der Waals surface area contributed by atoms with E-state index in [1.54, 1.807) is 6.92 Å². The molecule has 1 N–H and O–H groups in total. The molecule has 28 heavy (non-hydrogen) atoms. The minimum Gasteiger partial charge on any atom is -0.488 e. The fraction of sp³-hybridized carbons (Fsp3) is 0.381. The largest absolute Gasteiger partial charge is 0.488 e. The van der Waals surface area contributed by atoms with Crippen LogP contribution in [0.2, 0.25) is 0 Å². The maximum Gasteiger partial charge on any atom is 0.274 e. The van der Waals surface area contributed by atoms with Gasteiger partial charge in [-0.05, 0) is 57.9 Å². The summed E-state index contributed by atoms with van der Waals surface area (Å²) in [5.41, 5.74) is 3.82. The van der Waals surface area contributed by atoms with Crippen LogP contribution in [-0.4, -0.2) is 20.8 Å². The number of benzene rings is 1. The fourth-order valence-corrected chi connectivity index (χ4v) is 2.88. The fourth-order valence-electron chi connectivity index (χ4n) is 2.88. The summed E-state index contributed by atoms with van der Waals surface area (Å²) in [6.07, 6.45) is 1.89. The highest BCUT2D eigenvalue weighted by atomic mass is 16.5. The highest BCUT2D eigenvalue weighted by Gasteiger charge is 2.23. The molecule has 0 saturated carbocycles. The summed E-state index contributed by atoms with van der Waals surface area (Å²) in [5.74, 6) is 1.04. The summed E-state index contributed by atoms with van der Waals surface area (Å²) in [5, 5.41) is 11.3. The van der Waals surface area contributed by atoms with Gasteiger partial charge in [0.2, 0.25) is 0 Å². The monoisotopic (exact) mass is 382 g/mol. The smallest absolute Gasteiger partial charge is 0.274 e. The van der Waals surface area contributed by atoms with Gasteiger partial charge in [-0.1, -0.05) is 17.3 Å². The van der Waals surface area contributed by atoms with E-state index in [-0.39, 0.29) is 24.2 Å². The molecule has 1 amide bonds. The summed E-state index contributed by atoms with van der Waals surface area (Å²) in [6.45, 7) is 10.7. The maximum absolute atomic E-state index is 12.7. The molecule has 7 nitrogen and oxygen atoms in total. The molecule has 0 aliphatic rings. The van der Waals surface area contributed by atoms with Crippen LogP contribution in [0.25, 0.3) is 0 Å². The van der Waals surface area contributed by atoms with Crippen molar-refractivity contribution in [3.8, 4) is 5.75 Å². The number of hydrogen-bond acceptors (Lipinski definition) is 5. The SMILES string of the molecule is CCn1ccc(C(C)NC(=O)c2noc(C)c2COc2cc(C)ccc2C)n1. The molecule has 2 aromatic heterocycles. The average Bonchev–Trinajstić information content (AvgIpc) is 3.29. The lowest BCUT2D eigenvalue weighted by Gasteiger charge is -2.12. The van der Waals surface area contributed by atoms with Gasteiger partial charge < -0.3 is 14.6 Å². The Morgan fingerprint density at radius 3 is 2.79 bits per heavy atom. The van der Waals surface area contributed by atoms with Crippen molar-refractivity contribution in [2.24, 2.45) is 0 Å². The van der Waals surface area contributed by atoms with E-state index in [0.717, 1.165) is 29.1 Å². The van der Waals surface area contributed by atoms with Crippen LogP contribution in [0, 0.1) is 20.8 Å². The van der Waals surface area contributed by atoms with Gasteiger partial charge in [0, 0.05) is 12.7 Å². The number of rotatable bonds is 7. The lowest BCUT2D eigenvalue weighted by molar-refractivity contribution is 0.0927. The lowest BCUT2D eigenvalue weighted by Crippen LogP contribution is -2.28. The lowest BCUT2D eigenvalue weighted by atomic mass is 10.1. The maximum atomic E-state index is 12.7. The normalized spacial score (nSPS) is 12.0. The summed E-state index contributed by atoms with van der Waals surface area (Å²) in [6, 6.07) is 7.67. The molecule has 0 bridgehead atoms. The van der Waals surface area contributed by atoms with Crippen molar-refractivity contribution >= 4 is 5.91 Å². The van der Waals surface area contributed by atoms with E-state index < -0.39 is 0 Å². The number of aryl methyl sites for hydroxylation is 4. The number of ether oxygens (including phenoxy) is 1. The van der Waals surface area contributed by atoms with Crippen LogP contribution in [0.4, 0.5) is 0 Å². The van der Waals surface area contributed by atoms with Gasteiger partial charge >= 0.3 is 0 Å². The molecule has 3 rings (SSSR count). The van der Waals surface area contributed by atoms with E-state index in [1.807, 2.05) is 62.8 Å². The van der Waals surface area contributed by atoms with Crippen LogP contribution in [0.1, 0.15) is 58.5 Å². The van der Waals surface area contributed by atoms with Crippen LogP contribution in [0.15, 0.2) is 35.0 Å². The Hall–Kier alpha value is -3.09. The molecule has 1 unspecified atom stereocenters. The van der Waals surface area contributed by atoms with Crippen LogP contribution in [0.3, 0.4) is 0 Å². The first-order valence-corrected chi connectivity index (χ1v) is 9.38. The topological polar surface area (TPSA) is 82.2 Å². The molecule has 148 valence electrons. The zero-order chi connectivity index (χ0) is 20.3. The molecule has 2 heterocycles. The molecule has 0 radical (unpaired) electrons. The molecule has 0 fully saturated rings. The van der Waals surface area contributed by atoms with E-state index in [0.29, 0.717) is 11.3 Å². The van der Waals surface area contributed by atoms with Gasteiger partial charge in [-0.25, -0.2) is 0 Å². The third-order valence-corrected chi connectivity index (χ3v) is 4.69. The van der Waals surface area contributed by atoms with Gasteiger partial charge in [0.1, 0.15) is 18.1 Å². The summed E-state index contributed by atoms with van der Waals surface area (Å²) >= 11 is 0. The Morgan fingerprint density at radius 2 is 2.07 bits per heavy atom. The molecule has 3 aromatic rings. The number of carbonyl (C=O) groups excluding carboxylic acids is 1. The average molecular weight is 382 g/mol. The van der Waals surface area contributed by atoms with Crippen molar-refractivity contribution < 1.29 is 14.1 Å². The van der Waals surface area contributed by atoms with Gasteiger partial charge in [0.25, 0.3) is 5.91 Å². The zero-order valence-corrected chi connectivity index (χ0v) is 16.9. The quantitative estimate of drug-likeness (QED) is 0.670. The Kier molecular flexibility index (Phi) is 5.82. The molecular formula is C21H26N4O3. The number of carbonyl (C=O) groups is 1. The third kappa shape index (κ3) is 4.24. The number of nitrogens with zero attached hydrogens (tertiary/aromatic N) is 3. The molecule has 0 spiro atoms. The van der Waals surface area contributed by atoms with E-state index in [4.69, 9.17) is 9.26 Å². The van der Waals surface area contributed by atoms with Crippen molar-refractivity contribution in [3.63, 3.8) is 0 Å². The first kappa shape index (κ1) is 19.7. The predicted octanol–water partition coefficient (Wildman–Crippen LogP) is 3.89. The van der Waals surface area contributed by atoms with Crippen molar-refractivity contribution in [2.45, 2.75) is 53.8 Å². The van der Waals surface area contributed by atoms with Crippen molar-refractivity contribution in [1.82, 2.24) is 20.3 Å². The number of aromatic nitrogens is 3. The van der Waals surface area contributed by atoms with Crippen molar-refractivity contribution in [1.29, 1.82) is 0 Å². The second-order valence-electron chi connectivity index (χ2n) is 6.91. The van der Waals surface area contributed by atoms with Gasteiger partial charge in [0.05, 0.1) is 17.3 Å². The van der Waals surface area contributed by atoms with E-state index in [2.05, 4.69) is 15.6 Å². The summed E-state index contributed by atoms with van der Waals surface area (Å²) in [7, 11) is 0. The van der Waals surface area contributed by atoms with Crippen molar-refractivity contribution in [2.75, 3.05) is 0 Å². The van der Waals surface area contributed by atoms with Crippen LogP contribution < -0.4 is 10.1 Å². The molecule has 0 aliphatic heterocycles. The second kappa shape index (κ2) is 8.29. The molecule has 0 saturated heterocycles. The standard InChI is InChI=1S/C21H26N4O3/c1-6-25-10-9-18(23-25)15(4)22-21(26)20-17(16(5)28-24-20)12-27-19-11-13(2)7-8-14(19)3/h7-11,15H,6,12H2,1-5H3,(H,22,26). The van der Waals surface area contributed by atoms with E-state index in [9.17, 15) is 4.79 Å². The van der Waals surface area contributed by atoms with Crippen LogP contribution in [-0.2, 0) is 13.2 Å². The minimum absolute atomic E-state index is 0.210. The molecule has 0 aliphatic carbocycles. The zero-order valence-electron chi connectivity index (χ0n) is 16.9. The minimum atomic E-state index is -0.310. The first-order chi connectivity index (χ1) is 13.4. The van der Waals surface area contributed by atoms with E-state index >= 15 is 0 Å². The second-order valence-corrected chi connectivity index (χ2v) is 6.91. The Balaban J connectivity index is 1.72. The van der Waals surface area contributed by atoms with E-state index in [1.165, 1.54) is 0 Å². The molecule has 1 atom stereocenters. The summed E-state index contributed by atoms with van der Waals surface area (Å²) < 4.78 is 13.0. The first-order valence-electron chi connectivity index (χ1n) is 9.38. The van der Waals surface area contributed by atoms with Crippen LogP contribution >= 0.6 is 0 Å². The molecule has 7 heteroatoms. The predicted molar refractivity (Wildman–Crippen MR) is 105 cm³/mol. The third-order valence-electron chi connectivity index (χ3n) is 4.69. The number of hydrogen-bond donors (Lipinski definition) is 1. The van der Waals surface area contributed by atoms with Crippen LogP contribution in [0.5, 0.6) is 5.75 Å². The summed E-state index contributed by atoms with van der Waals surface area (Å²) in [4.78, 5) is 12.7. The highest BCUT2D eigenvalue weighted by Crippen LogP contribution is 2.23. The van der Waals surface area contributed by atoms with Gasteiger partial charge in [-0.3, -0.25) is 9.48 Å². The number of amides is 1. The Labute approximate surface area is 164 Å². The number of nitrogens with one attached hydrogen (secondary N) is 1. The van der Waals surface area contributed by atoms with Gasteiger partial charge in [-0.15, -0.1) is 0 Å². The Morgan fingerprint density at radius 1 is 1.29 bits per heavy atom. The highest BCUT2D eigenvalue weighted by molar-refractivity contribution is 5.94. The van der Waals surface area contributed by atoms with Crippen molar-refractivity contribution in [3.05, 3.63) is 64.3 Å². The van der Waals surface area contributed by atoms with Gasteiger partial charge in [0.15, 0.2) is 5.69 Å². The van der Waals surface area contributed by atoms with Gasteiger partial charge in [-0.2, -0.15) is 5.10 Å². The molecular weight excluding hydrogens is 356 g/mol. The molecule has 1 aromatic carbocycles.